The molecule has 5 amide bonds. The van der Waals surface area contributed by atoms with Crippen LogP contribution in [0.4, 0.5) is 15.3 Å². The van der Waals surface area contributed by atoms with Gasteiger partial charge in [0.25, 0.3) is 5.91 Å². The van der Waals surface area contributed by atoms with Crippen molar-refractivity contribution in [3.8, 4) is 0 Å². The monoisotopic (exact) mass is 374 g/mol. The van der Waals surface area contributed by atoms with Gasteiger partial charge in [0.05, 0.1) is 6.61 Å². The summed E-state index contributed by atoms with van der Waals surface area (Å²) in [5.74, 6) is -0.561. The van der Waals surface area contributed by atoms with Gasteiger partial charge in [0.15, 0.2) is 0 Å². The first-order valence-corrected chi connectivity index (χ1v) is 8.92. The molecule has 0 unspecified atom stereocenters. The molecule has 0 bridgehead atoms. The molecule has 9 nitrogen and oxygen atoms in total. The van der Waals surface area contributed by atoms with E-state index < -0.39 is 6.03 Å². The Morgan fingerprint density at radius 1 is 1.19 bits per heavy atom. The average Bonchev–Trinajstić information content (AvgIpc) is 3.01. The van der Waals surface area contributed by atoms with Gasteiger partial charge in [-0.15, -0.1) is 0 Å². The zero-order chi connectivity index (χ0) is 19.4. The van der Waals surface area contributed by atoms with Crippen LogP contribution in [0.5, 0.6) is 0 Å². The molecule has 2 fully saturated rings. The summed E-state index contributed by atoms with van der Waals surface area (Å²) in [6.07, 6.45) is 1.01. The lowest BCUT2D eigenvalue weighted by Gasteiger charge is -2.31. The van der Waals surface area contributed by atoms with Gasteiger partial charge in [-0.25, -0.2) is 9.59 Å². The van der Waals surface area contributed by atoms with E-state index in [4.69, 9.17) is 4.74 Å². The second-order valence-electron chi connectivity index (χ2n) is 6.42. The molecule has 27 heavy (non-hydrogen) atoms. The third kappa shape index (κ3) is 4.36. The van der Waals surface area contributed by atoms with Crippen molar-refractivity contribution in [3.63, 3.8) is 0 Å². The second-order valence-corrected chi connectivity index (χ2v) is 6.42. The number of piperidine rings is 1. The van der Waals surface area contributed by atoms with Gasteiger partial charge in [-0.2, -0.15) is 0 Å². The number of hydrogen-bond acceptors (Lipinski definition) is 5. The molecule has 0 atom stereocenters. The van der Waals surface area contributed by atoms with Crippen LogP contribution in [0.25, 0.3) is 0 Å². The Hall–Kier alpha value is -3.10. The lowest BCUT2D eigenvalue weighted by molar-refractivity contribution is -0.117. The van der Waals surface area contributed by atoms with Crippen molar-refractivity contribution >= 4 is 29.6 Å². The Morgan fingerprint density at radius 3 is 2.41 bits per heavy atom. The summed E-state index contributed by atoms with van der Waals surface area (Å²) in [5.41, 5.74) is 1.02. The summed E-state index contributed by atoms with van der Waals surface area (Å²) >= 11 is 0. The van der Waals surface area contributed by atoms with Crippen molar-refractivity contribution in [3.05, 3.63) is 29.8 Å². The first-order chi connectivity index (χ1) is 13.0. The topological polar surface area (TPSA) is 108 Å². The molecule has 1 aromatic rings. The molecule has 3 rings (SSSR count). The maximum Gasteiger partial charge on any atom is 0.409 e. The number of imide groups is 1. The third-order valence-corrected chi connectivity index (χ3v) is 4.59. The van der Waals surface area contributed by atoms with Gasteiger partial charge in [-0.05, 0) is 44.0 Å². The smallest absolute Gasteiger partial charge is 0.409 e. The maximum absolute atomic E-state index is 12.4. The number of amides is 5. The van der Waals surface area contributed by atoms with Crippen molar-refractivity contribution in [1.82, 2.24) is 15.5 Å². The molecular weight excluding hydrogens is 352 g/mol. The largest absolute Gasteiger partial charge is 0.450 e. The van der Waals surface area contributed by atoms with Gasteiger partial charge < -0.3 is 15.0 Å². The molecule has 0 aromatic heterocycles. The predicted molar refractivity (Wildman–Crippen MR) is 96.4 cm³/mol. The highest BCUT2D eigenvalue weighted by atomic mass is 16.6. The number of ether oxygens (including phenoxy) is 1. The molecule has 2 aliphatic rings. The lowest BCUT2D eigenvalue weighted by Crippen LogP contribution is -2.46. The summed E-state index contributed by atoms with van der Waals surface area (Å²) in [7, 11) is 0. The number of anilines is 1. The Bertz CT molecular complexity index is 741. The Balaban J connectivity index is 1.52. The minimum Gasteiger partial charge on any atom is -0.450 e. The van der Waals surface area contributed by atoms with Gasteiger partial charge in [0, 0.05) is 30.4 Å². The quantitative estimate of drug-likeness (QED) is 0.767. The first-order valence-electron chi connectivity index (χ1n) is 8.92. The zero-order valence-electron chi connectivity index (χ0n) is 15.1. The van der Waals surface area contributed by atoms with E-state index in [9.17, 15) is 19.2 Å². The van der Waals surface area contributed by atoms with Crippen LogP contribution in [-0.2, 0) is 9.53 Å². The number of carbonyl (C=O) groups is 4. The molecule has 0 radical (unpaired) electrons. The Morgan fingerprint density at radius 2 is 1.85 bits per heavy atom. The molecule has 2 N–H and O–H groups in total. The van der Waals surface area contributed by atoms with Crippen LogP contribution in [0.1, 0.15) is 30.1 Å². The number of urea groups is 1. The highest BCUT2D eigenvalue weighted by Crippen LogP contribution is 2.18. The normalized spacial score (nSPS) is 17.7. The van der Waals surface area contributed by atoms with E-state index in [0.717, 1.165) is 0 Å². The Labute approximate surface area is 156 Å². The summed E-state index contributed by atoms with van der Waals surface area (Å²) in [5, 5.41) is 5.17. The molecule has 9 heteroatoms. The molecular formula is C18H22N4O5. The number of benzene rings is 1. The SMILES string of the molecule is CCOC(=O)N1CCC(NC(=O)c2ccc(N3CC(=O)NC3=O)cc2)CC1. The van der Waals surface area contributed by atoms with Crippen LogP contribution in [0.3, 0.4) is 0 Å². The van der Waals surface area contributed by atoms with Crippen molar-refractivity contribution < 1.29 is 23.9 Å². The summed E-state index contributed by atoms with van der Waals surface area (Å²) in [4.78, 5) is 50.0. The van der Waals surface area contributed by atoms with Gasteiger partial charge in [0.2, 0.25) is 5.91 Å². The summed E-state index contributed by atoms with van der Waals surface area (Å²) in [6, 6.07) is 6.03. The fourth-order valence-corrected chi connectivity index (χ4v) is 3.13. The Kier molecular flexibility index (Phi) is 5.58. The van der Waals surface area contributed by atoms with Gasteiger partial charge in [0.1, 0.15) is 6.54 Å². The number of hydrogen-bond donors (Lipinski definition) is 2. The molecule has 0 spiro atoms. The number of rotatable bonds is 4. The third-order valence-electron chi connectivity index (χ3n) is 4.59. The molecule has 2 saturated heterocycles. The van der Waals surface area contributed by atoms with Crippen LogP contribution in [0.2, 0.25) is 0 Å². The number of carbonyl (C=O) groups excluding carboxylic acids is 4. The fraction of sp³-hybridized carbons (Fsp3) is 0.444. The molecule has 2 aliphatic heterocycles. The van der Waals surface area contributed by atoms with Gasteiger partial charge >= 0.3 is 12.1 Å². The van der Waals surface area contributed by atoms with Crippen LogP contribution < -0.4 is 15.5 Å². The highest BCUT2D eigenvalue weighted by molar-refractivity contribution is 6.12. The van der Waals surface area contributed by atoms with E-state index in [2.05, 4.69) is 10.6 Å². The fourth-order valence-electron chi connectivity index (χ4n) is 3.13. The van der Waals surface area contributed by atoms with E-state index in [1.165, 1.54) is 4.90 Å². The highest BCUT2D eigenvalue weighted by Gasteiger charge is 2.28. The van der Waals surface area contributed by atoms with Crippen LogP contribution >= 0.6 is 0 Å². The van der Waals surface area contributed by atoms with Gasteiger partial charge in [-0.3, -0.25) is 19.8 Å². The van der Waals surface area contributed by atoms with E-state index in [1.54, 1.807) is 36.1 Å². The van der Waals surface area contributed by atoms with Crippen molar-refractivity contribution in [1.29, 1.82) is 0 Å². The molecule has 0 aliphatic carbocycles. The van der Waals surface area contributed by atoms with Crippen LogP contribution in [0.15, 0.2) is 24.3 Å². The lowest BCUT2D eigenvalue weighted by atomic mass is 10.0. The van der Waals surface area contributed by atoms with E-state index in [-0.39, 0.29) is 30.5 Å². The van der Waals surface area contributed by atoms with E-state index >= 15 is 0 Å². The van der Waals surface area contributed by atoms with Crippen LogP contribution in [-0.4, -0.2) is 61.1 Å². The first kappa shape index (κ1) is 18.7. The molecule has 0 saturated carbocycles. The minimum absolute atomic E-state index is 0.00941. The minimum atomic E-state index is -0.467. The van der Waals surface area contributed by atoms with Crippen molar-refractivity contribution in [2.24, 2.45) is 0 Å². The van der Waals surface area contributed by atoms with Crippen molar-refractivity contribution in [2.45, 2.75) is 25.8 Å². The standard InChI is InChI=1S/C18H22N4O5/c1-2-27-18(26)21-9-7-13(8-10-21)19-16(24)12-3-5-14(6-4-12)22-11-15(23)20-17(22)25/h3-6,13H,2,7-11H2,1H3,(H,19,24)(H,20,23,25). The van der Waals surface area contributed by atoms with E-state index in [0.29, 0.717) is 43.8 Å². The van der Waals surface area contributed by atoms with Crippen LogP contribution in [0, 0.1) is 0 Å². The molecule has 1 aromatic carbocycles. The maximum atomic E-state index is 12.4. The molecule has 144 valence electrons. The number of likely N-dealkylation sites (tertiary alicyclic amines) is 1. The van der Waals surface area contributed by atoms with Crippen molar-refractivity contribution in [2.75, 3.05) is 31.1 Å². The van der Waals surface area contributed by atoms with Gasteiger partial charge in [-0.1, -0.05) is 0 Å². The number of nitrogens with one attached hydrogen (secondary N) is 2. The summed E-state index contributed by atoms with van der Waals surface area (Å²) < 4.78 is 4.98. The second kappa shape index (κ2) is 8.07. The predicted octanol–water partition coefficient (Wildman–Crippen LogP) is 1.09. The van der Waals surface area contributed by atoms with E-state index in [1.807, 2.05) is 0 Å². The zero-order valence-corrected chi connectivity index (χ0v) is 15.1. The summed E-state index contributed by atoms with van der Waals surface area (Å²) in [6.45, 7) is 3.17. The molecule has 2 heterocycles. The number of nitrogens with zero attached hydrogens (tertiary/aromatic N) is 2. The average molecular weight is 374 g/mol.